The van der Waals surface area contributed by atoms with Crippen molar-refractivity contribution < 1.29 is 14.7 Å². The Labute approximate surface area is 197 Å². The van der Waals surface area contributed by atoms with Gasteiger partial charge in [0.1, 0.15) is 5.84 Å². The summed E-state index contributed by atoms with van der Waals surface area (Å²) in [6, 6.07) is 6.51. The van der Waals surface area contributed by atoms with Crippen molar-refractivity contribution in [1.29, 1.82) is 0 Å². The summed E-state index contributed by atoms with van der Waals surface area (Å²) in [5.74, 6) is -0.108. The number of β-amino-alcohol motifs (C(OH)–C–C–N with tert-alkyl or cyclic N) is 1. The highest BCUT2D eigenvalue weighted by Crippen LogP contribution is 2.35. The molecule has 9 heteroatoms. The molecule has 2 aromatic rings. The zero-order valence-corrected chi connectivity index (χ0v) is 20.4. The Morgan fingerprint density at radius 3 is 2.58 bits per heavy atom. The van der Waals surface area contributed by atoms with Crippen LogP contribution in [0.25, 0.3) is 10.4 Å². The van der Waals surface area contributed by atoms with Crippen molar-refractivity contribution >= 4 is 29.0 Å². The second-order valence-corrected chi connectivity index (χ2v) is 11.0. The Morgan fingerprint density at radius 1 is 1.33 bits per heavy atom. The van der Waals surface area contributed by atoms with E-state index in [9.17, 15) is 14.7 Å². The van der Waals surface area contributed by atoms with Gasteiger partial charge in [-0.2, -0.15) is 0 Å². The smallest absolute Gasteiger partial charge is 0.257 e. The second kappa shape index (κ2) is 8.30. The van der Waals surface area contributed by atoms with Gasteiger partial charge >= 0.3 is 0 Å². The van der Waals surface area contributed by atoms with Gasteiger partial charge in [0, 0.05) is 13.0 Å². The quantitative estimate of drug-likeness (QED) is 0.634. The first-order valence-corrected chi connectivity index (χ1v) is 12.0. The van der Waals surface area contributed by atoms with Crippen LogP contribution in [0.1, 0.15) is 45.4 Å². The summed E-state index contributed by atoms with van der Waals surface area (Å²) in [4.78, 5) is 37.9. The molecule has 0 aliphatic carbocycles. The van der Waals surface area contributed by atoms with Gasteiger partial charge in [0.25, 0.3) is 5.91 Å². The van der Waals surface area contributed by atoms with Crippen molar-refractivity contribution in [2.45, 2.75) is 64.8 Å². The van der Waals surface area contributed by atoms with Crippen LogP contribution < -0.4 is 11.1 Å². The molecule has 4 atom stereocenters. The number of aliphatic hydroxyl groups excluding tert-OH is 1. The van der Waals surface area contributed by atoms with Crippen LogP contribution in [0.2, 0.25) is 0 Å². The third-order valence-corrected chi connectivity index (χ3v) is 7.54. The molecule has 1 aromatic carbocycles. The molecule has 176 valence electrons. The van der Waals surface area contributed by atoms with E-state index in [1.807, 2.05) is 57.5 Å². The molecule has 4 N–H and O–H groups in total. The van der Waals surface area contributed by atoms with Crippen molar-refractivity contribution in [1.82, 2.24) is 15.2 Å². The van der Waals surface area contributed by atoms with Crippen LogP contribution in [0.15, 0.2) is 34.8 Å². The Bertz CT molecular complexity index is 1100. The maximum atomic E-state index is 13.1. The molecular weight excluding hydrogens is 438 g/mol. The van der Waals surface area contributed by atoms with Crippen LogP contribution in [-0.2, 0) is 15.1 Å². The standard InChI is InChI=1S/C24H31N5O3S/c1-13-18(33-12-26-13)14-6-8-15(9-7-14)24(5)22(32)27-20(28-24)17-10-16(30)11-29(17)21(31)19(25)23(2,3)4/h6-9,12,16-17,19,30H,10-11,25H2,1-5H3,(H,27,28,32)/t16-,17+,19-,24+/m1/s1. The lowest BCUT2D eigenvalue weighted by atomic mass is 9.86. The molecule has 2 amide bonds. The number of nitrogens with two attached hydrogens (primary N) is 1. The third-order valence-electron chi connectivity index (χ3n) is 6.56. The molecule has 1 fully saturated rings. The number of aliphatic imine (C=N–C) groups is 1. The fourth-order valence-electron chi connectivity index (χ4n) is 4.30. The molecule has 2 aliphatic rings. The van der Waals surface area contributed by atoms with Gasteiger partial charge in [-0.25, -0.2) is 9.98 Å². The number of aliphatic hydroxyl groups is 1. The number of hydrogen-bond donors (Lipinski definition) is 3. The predicted molar refractivity (Wildman–Crippen MR) is 129 cm³/mol. The number of carbonyl (C=O) groups is 2. The predicted octanol–water partition coefficient (Wildman–Crippen LogP) is 2.20. The van der Waals surface area contributed by atoms with Gasteiger partial charge in [0.05, 0.1) is 34.3 Å². The lowest BCUT2D eigenvalue weighted by Crippen LogP contribution is -2.54. The SMILES string of the molecule is Cc1ncsc1-c1ccc([C@]2(C)N=C([C@@H]3C[C@@H](O)CN3C(=O)[C@@H](N)C(C)(C)C)NC2=O)cc1. The number of rotatable bonds is 4. The summed E-state index contributed by atoms with van der Waals surface area (Å²) in [7, 11) is 0. The molecule has 0 unspecified atom stereocenters. The van der Waals surface area contributed by atoms with Crippen molar-refractivity contribution in [2.24, 2.45) is 16.1 Å². The summed E-state index contributed by atoms with van der Waals surface area (Å²) >= 11 is 1.58. The van der Waals surface area contributed by atoms with Gasteiger partial charge in [-0.15, -0.1) is 11.3 Å². The normalized spacial score (nSPS) is 26.3. The number of thiazole rings is 1. The number of aryl methyl sites for hydroxylation is 1. The number of nitrogens with zero attached hydrogens (tertiary/aromatic N) is 3. The molecule has 0 bridgehead atoms. The van der Waals surface area contributed by atoms with E-state index >= 15 is 0 Å². The van der Waals surface area contributed by atoms with Crippen molar-refractivity contribution in [3.05, 3.63) is 41.0 Å². The van der Waals surface area contributed by atoms with Gasteiger partial charge in [-0.1, -0.05) is 45.0 Å². The molecular formula is C24H31N5O3S. The van der Waals surface area contributed by atoms with Gasteiger partial charge < -0.3 is 21.1 Å². The fourth-order valence-corrected chi connectivity index (χ4v) is 5.11. The van der Waals surface area contributed by atoms with E-state index in [0.717, 1.165) is 21.7 Å². The van der Waals surface area contributed by atoms with E-state index in [-0.39, 0.29) is 18.4 Å². The molecule has 4 rings (SSSR count). The summed E-state index contributed by atoms with van der Waals surface area (Å²) in [5, 5.41) is 13.2. The Morgan fingerprint density at radius 2 is 2.00 bits per heavy atom. The Hall–Kier alpha value is -2.62. The zero-order chi connectivity index (χ0) is 24.1. The van der Waals surface area contributed by atoms with E-state index < -0.39 is 29.1 Å². The largest absolute Gasteiger partial charge is 0.391 e. The summed E-state index contributed by atoms with van der Waals surface area (Å²) < 4.78 is 0. The van der Waals surface area contributed by atoms with Crippen molar-refractivity contribution in [2.75, 3.05) is 6.54 Å². The summed E-state index contributed by atoms with van der Waals surface area (Å²) in [6.45, 7) is 9.61. The lowest BCUT2D eigenvalue weighted by Gasteiger charge is -2.32. The van der Waals surface area contributed by atoms with Gasteiger partial charge in [0.2, 0.25) is 5.91 Å². The second-order valence-electron chi connectivity index (χ2n) is 10.1. The highest BCUT2D eigenvalue weighted by atomic mass is 32.1. The highest BCUT2D eigenvalue weighted by molar-refractivity contribution is 7.13. The van der Waals surface area contributed by atoms with Crippen molar-refractivity contribution in [3.8, 4) is 10.4 Å². The number of benzene rings is 1. The van der Waals surface area contributed by atoms with Crippen LogP contribution in [0.3, 0.4) is 0 Å². The number of nitrogens with one attached hydrogen (secondary N) is 1. The van der Waals surface area contributed by atoms with Gasteiger partial charge in [-0.3, -0.25) is 9.59 Å². The number of aromatic nitrogens is 1. The number of amidine groups is 1. The minimum Gasteiger partial charge on any atom is -0.391 e. The molecule has 2 aliphatic heterocycles. The number of hydrogen-bond acceptors (Lipinski definition) is 7. The maximum absolute atomic E-state index is 13.1. The minimum atomic E-state index is -1.12. The van der Waals surface area contributed by atoms with Crippen LogP contribution >= 0.6 is 11.3 Å². The molecule has 1 saturated heterocycles. The third kappa shape index (κ3) is 4.20. The number of likely N-dealkylation sites (tertiary alicyclic amines) is 1. The van der Waals surface area contributed by atoms with Crippen LogP contribution in [0.4, 0.5) is 0 Å². The molecule has 0 radical (unpaired) electrons. The molecule has 0 saturated carbocycles. The first-order chi connectivity index (χ1) is 15.4. The molecule has 8 nitrogen and oxygen atoms in total. The molecule has 0 spiro atoms. The zero-order valence-electron chi connectivity index (χ0n) is 19.6. The Kier molecular flexibility index (Phi) is 5.92. The number of carbonyl (C=O) groups excluding carboxylic acids is 2. The van der Waals surface area contributed by atoms with Crippen LogP contribution in [0, 0.1) is 12.3 Å². The van der Waals surface area contributed by atoms with Crippen LogP contribution in [0.5, 0.6) is 0 Å². The van der Waals surface area contributed by atoms with E-state index in [1.54, 1.807) is 23.2 Å². The monoisotopic (exact) mass is 469 g/mol. The Balaban J connectivity index is 1.62. The molecule has 3 heterocycles. The minimum absolute atomic E-state index is 0.168. The van der Waals surface area contributed by atoms with Crippen molar-refractivity contribution in [3.63, 3.8) is 0 Å². The number of amides is 2. The maximum Gasteiger partial charge on any atom is 0.257 e. The average molecular weight is 470 g/mol. The summed E-state index contributed by atoms with van der Waals surface area (Å²) in [6.07, 6.45) is -0.388. The van der Waals surface area contributed by atoms with E-state index in [2.05, 4.69) is 10.3 Å². The highest BCUT2D eigenvalue weighted by Gasteiger charge is 2.48. The average Bonchev–Trinajstić information content (AvgIpc) is 3.44. The van der Waals surface area contributed by atoms with Crippen LogP contribution in [-0.4, -0.2) is 57.4 Å². The molecule has 1 aromatic heterocycles. The van der Waals surface area contributed by atoms with E-state index in [4.69, 9.17) is 10.7 Å². The first-order valence-electron chi connectivity index (χ1n) is 11.1. The topological polar surface area (TPSA) is 121 Å². The first kappa shape index (κ1) is 23.5. The fraction of sp³-hybridized carbons (Fsp3) is 0.500. The van der Waals surface area contributed by atoms with E-state index in [1.165, 1.54) is 0 Å². The van der Waals surface area contributed by atoms with E-state index in [0.29, 0.717) is 12.3 Å². The van der Waals surface area contributed by atoms with Gasteiger partial charge in [-0.05, 0) is 30.4 Å². The van der Waals surface area contributed by atoms with Gasteiger partial charge in [0.15, 0.2) is 5.54 Å². The lowest BCUT2D eigenvalue weighted by molar-refractivity contribution is -0.135. The summed E-state index contributed by atoms with van der Waals surface area (Å²) in [5.41, 5.74) is 9.24. The molecule has 33 heavy (non-hydrogen) atoms.